The predicted molar refractivity (Wildman–Crippen MR) is 57.2 cm³/mol. The van der Waals surface area contributed by atoms with Gasteiger partial charge in [0.25, 0.3) is 5.69 Å². The molecule has 0 unspecified atom stereocenters. The van der Waals surface area contributed by atoms with E-state index in [1.165, 1.54) is 12.1 Å². The van der Waals surface area contributed by atoms with Gasteiger partial charge in [0.2, 0.25) is 0 Å². The van der Waals surface area contributed by atoms with Crippen LogP contribution < -0.4 is 0 Å². The van der Waals surface area contributed by atoms with Gasteiger partial charge in [-0.25, -0.2) is 0 Å². The molecule has 6 heteroatoms. The lowest BCUT2D eigenvalue weighted by molar-refractivity contribution is -0.385. The fraction of sp³-hybridized carbons (Fsp3) is 0.125. The number of aliphatic carboxylic acids is 1. The van der Waals surface area contributed by atoms with Crippen LogP contribution in [0.4, 0.5) is 5.69 Å². The average Bonchev–Trinajstić information content (AvgIpc) is 2.01. The molecule has 0 aliphatic carbocycles. The van der Waals surface area contributed by atoms with Crippen LogP contribution in [-0.4, -0.2) is 16.0 Å². The highest BCUT2D eigenvalue weighted by Crippen LogP contribution is 2.21. The number of nitro groups is 1. The molecule has 1 aromatic rings. The number of carboxylic acids is 1. The Morgan fingerprint density at radius 2 is 2.21 bits per heavy atom. The van der Waals surface area contributed by atoms with Crippen molar-refractivity contribution in [3.8, 4) is 0 Å². The molecule has 1 N–H and O–H groups in total. The number of carboxylic acid groups (broad SMARTS) is 1. The molecule has 5 nitrogen and oxygen atoms in total. The number of halogens is 1. The first-order chi connectivity index (χ1) is 6.50. The summed E-state index contributed by atoms with van der Waals surface area (Å²) in [5.41, 5.74) is 0.0854. The van der Waals surface area contributed by atoms with Gasteiger partial charge in [0, 0.05) is 15.2 Å². The molecule has 0 aliphatic heterocycles. The summed E-state index contributed by atoms with van der Waals surface area (Å²) >= 11 is 1.98. The largest absolute Gasteiger partial charge is 0.481 e. The van der Waals surface area contributed by atoms with Crippen LogP contribution in [0.25, 0.3) is 0 Å². The molecule has 1 rings (SSSR count). The van der Waals surface area contributed by atoms with Crippen LogP contribution in [0.3, 0.4) is 0 Å². The van der Waals surface area contributed by atoms with Gasteiger partial charge in [0.05, 0.1) is 11.3 Å². The van der Waals surface area contributed by atoms with Crippen molar-refractivity contribution in [1.82, 2.24) is 0 Å². The summed E-state index contributed by atoms with van der Waals surface area (Å²) in [6.07, 6.45) is -0.326. The Kier molecular flexibility index (Phi) is 3.39. The fourth-order valence-corrected chi connectivity index (χ4v) is 1.59. The maximum Gasteiger partial charge on any atom is 0.308 e. The predicted octanol–water partition coefficient (Wildman–Crippen LogP) is 1.83. The molecule has 1 aromatic carbocycles. The number of nitrogens with zero attached hydrogens (tertiary/aromatic N) is 1. The fourth-order valence-electron chi connectivity index (χ4n) is 1.04. The highest BCUT2D eigenvalue weighted by atomic mass is 127. The van der Waals surface area contributed by atoms with E-state index in [0.29, 0.717) is 0 Å². The monoisotopic (exact) mass is 307 g/mol. The number of nitro benzene ring substituents is 1. The van der Waals surface area contributed by atoms with Crippen molar-refractivity contribution in [2.75, 3.05) is 0 Å². The van der Waals surface area contributed by atoms with Gasteiger partial charge in [0.15, 0.2) is 0 Å². The molecule has 0 spiro atoms. The quantitative estimate of drug-likeness (QED) is 0.525. The first-order valence-corrected chi connectivity index (χ1v) is 4.73. The Bertz CT molecular complexity index is 391. The van der Waals surface area contributed by atoms with Crippen molar-refractivity contribution >= 4 is 34.2 Å². The third-order valence-electron chi connectivity index (χ3n) is 1.58. The van der Waals surface area contributed by atoms with Crippen LogP contribution >= 0.6 is 22.6 Å². The van der Waals surface area contributed by atoms with Crippen molar-refractivity contribution in [2.24, 2.45) is 0 Å². The van der Waals surface area contributed by atoms with E-state index in [0.717, 1.165) is 3.57 Å². The van der Waals surface area contributed by atoms with Crippen LogP contribution in [0, 0.1) is 13.7 Å². The molecule has 0 saturated heterocycles. The zero-order chi connectivity index (χ0) is 10.7. The van der Waals surface area contributed by atoms with Crippen molar-refractivity contribution < 1.29 is 14.8 Å². The minimum absolute atomic E-state index is 0.146. The SMILES string of the molecule is O=C(O)Cc1cc(I)ccc1[N+](=O)[O-]. The lowest BCUT2D eigenvalue weighted by Crippen LogP contribution is -2.03. The van der Waals surface area contributed by atoms with Crippen molar-refractivity contribution in [3.63, 3.8) is 0 Å². The zero-order valence-corrected chi connectivity index (χ0v) is 9.09. The Morgan fingerprint density at radius 1 is 1.57 bits per heavy atom. The maximum absolute atomic E-state index is 10.5. The smallest absolute Gasteiger partial charge is 0.308 e. The van der Waals surface area contributed by atoms with E-state index in [4.69, 9.17) is 5.11 Å². The number of rotatable bonds is 3. The van der Waals surface area contributed by atoms with Gasteiger partial charge < -0.3 is 5.11 Å². The highest BCUT2D eigenvalue weighted by Gasteiger charge is 2.15. The van der Waals surface area contributed by atoms with Crippen LogP contribution in [-0.2, 0) is 11.2 Å². The molecule has 0 bridgehead atoms. The minimum atomic E-state index is -1.07. The molecule has 0 aromatic heterocycles. The van der Waals surface area contributed by atoms with Gasteiger partial charge in [-0.05, 0) is 34.7 Å². The minimum Gasteiger partial charge on any atom is -0.481 e. The third kappa shape index (κ3) is 2.66. The number of benzene rings is 1. The molecule has 0 saturated carbocycles. The Labute approximate surface area is 93.0 Å². The van der Waals surface area contributed by atoms with Gasteiger partial charge >= 0.3 is 5.97 Å². The maximum atomic E-state index is 10.5. The third-order valence-corrected chi connectivity index (χ3v) is 2.25. The lowest BCUT2D eigenvalue weighted by Gasteiger charge is -2.00. The molecule has 0 heterocycles. The lowest BCUT2D eigenvalue weighted by atomic mass is 10.1. The summed E-state index contributed by atoms with van der Waals surface area (Å²) in [5, 5.41) is 19.1. The van der Waals surface area contributed by atoms with Gasteiger partial charge in [-0.2, -0.15) is 0 Å². The molecule has 0 fully saturated rings. The molecular formula is C8H6INO4. The normalized spacial score (nSPS) is 9.79. The van der Waals surface area contributed by atoms with Gasteiger partial charge in [-0.3, -0.25) is 14.9 Å². The number of hydrogen-bond acceptors (Lipinski definition) is 3. The molecule has 0 aliphatic rings. The van der Waals surface area contributed by atoms with E-state index in [2.05, 4.69) is 0 Å². The van der Waals surface area contributed by atoms with Gasteiger partial charge in [-0.1, -0.05) is 0 Å². The molecule has 0 atom stereocenters. The molecular weight excluding hydrogens is 301 g/mol. The van der Waals surface area contributed by atoms with E-state index in [1.807, 2.05) is 22.6 Å². The van der Waals surface area contributed by atoms with Crippen molar-refractivity contribution in [1.29, 1.82) is 0 Å². The van der Waals surface area contributed by atoms with E-state index in [1.54, 1.807) is 6.07 Å². The molecule has 14 heavy (non-hydrogen) atoms. The summed E-state index contributed by atoms with van der Waals surface area (Å²) in [7, 11) is 0. The van der Waals surface area contributed by atoms with Crippen molar-refractivity contribution in [2.45, 2.75) is 6.42 Å². The molecule has 0 amide bonds. The topological polar surface area (TPSA) is 80.4 Å². The van der Waals surface area contributed by atoms with Gasteiger partial charge in [0.1, 0.15) is 0 Å². The molecule has 74 valence electrons. The second-order valence-corrected chi connectivity index (χ2v) is 3.85. The average molecular weight is 307 g/mol. The highest BCUT2D eigenvalue weighted by molar-refractivity contribution is 14.1. The number of carbonyl (C=O) groups is 1. The second-order valence-electron chi connectivity index (χ2n) is 2.60. The summed E-state index contributed by atoms with van der Waals surface area (Å²) in [5.74, 6) is -1.07. The summed E-state index contributed by atoms with van der Waals surface area (Å²) in [4.78, 5) is 20.4. The van der Waals surface area contributed by atoms with E-state index in [-0.39, 0.29) is 17.7 Å². The van der Waals surface area contributed by atoms with E-state index < -0.39 is 10.9 Å². The Hall–Kier alpha value is -1.18. The van der Waals surface area contributed by atoms with Crippen molar-refractivity contribution in [3.05, 3.63) is 37.4 Å². The van der Waals surface area contributed by atoms with E-state index >= 15 is 0 Å². The Balaban J connectivity index is 3.15. The van der Waals surface area contributed by atoms with Crippen LogP contribution in [0.2, 0.25) is 0 Å². The van der Waals surface area contributed by atoms with Gasteiger partial charge in [-0.15, -0.1) is 0 Å². The second kappa shape index (κ2) is 4.36. The van der Waals surface area contributed by atoms with Crippen LogP contribution in [0.15, 0.2) is 18.2 Å². The zero-order valence-electron chi connectivity index (χ0n) is 6.94. The first-order valence-electron chi connectivity index (χ1n) is 3.65. The molecule has 0 radical (unpaired) electrons. The summed E-state index contributed by atoms with van der Waals surface area (Å²) < 4.78 is 0.782. The van der Waals surface area contributed by atoms with Crippen LogP contribution in [0.5, 0.6) is 0 Å². The summed E-state index contributed by atoms with van der Waals surface area (Å²) in [6.45, 7) is 0. The summed E-state index contributed by atoms with van der Waals surface area (Å²) in [6, 6.07) is 4.40. The van der Waals surface area contributed by atoms with Crippen LogP contribution in [0.1, 0.15) is 5.56 Å². The Morgan fingerprint density at radius 3 is 2.71 bits per heavy atom. The first kappa shape index (κ1) is 10.9. The standard InChI is InChI=1S/C8H6INO4/c9-6-1-2-7(10(13)14)5(3-6)4-8(11)12/h1-3H,4H2,(H,11,12). The van der Waals surface area contributed by atoms with E-state index in [9.17, 15) is 14.9 Å². The number of hydrogen-bond donors (Lipinski definition) is 1.